The lowest BCUT2D eigenvalue weighted by Gasteiger charge is -2.30. The van der Waals surface area contributed by atoms with Crippen molar-refractivity contribution < 1.29 is 18.7 Å². The second-order valence-corrected chi connectivity index (χ2v) is 13.2. The molecule has 1 aliphatic heterocycles. The van der Waals surface area contributed by atoms with Gasteiger partial charge in [-0.1, -0.05) is 36.4 Å². The van der Waals surface area contributed by atoms with E-state index in [-0.39, 0.29) is 28.9 Å². The molecule has 0 amide bonds. The van der Waals surface area contributed by atoms with Crippen molar-refractivity contribution in [3.8, 4) is 22.6 Å². The number of rotatable bonds is 8. The molecule has 3 aromatic carbocycles. The van der Waals surface area contributed by atoms with Crippen molar-refractivity contribution in [1.29, 1.82) is 0 Å². The molecule has 11 heteroatoms. The normalized spacial score (nSPS) is 18.6. The topological polar surface area (TPSA) is 115 Å². The maximum absolute atomic E-state index is 14.6. The third kappa shape index (κ3) is 6.35. The van der Waals surface area contributed by atoms with Gasteiger partial charge in [0.25, 0.3) is 5.56 Å². The SMILES string of the molecule is O=c1c2cc(F)cnc2n(-c2cccc(-c3ccc(O)cc3CN3CCOCC3)c2)c(=O)n1[C@H]1CC[C@@H](NCc2cc3ccccc3o2)CC1. The number of hydrogen-bond donors (Lipinski definition) is 2. The Morgan fingerprint density at radius 2 is 1.74 bits per heavy atom. The molecule has 4 heterocycles. The van der Waals surface area contributed by atoms with Crippen molar-refractivity contribution in [1.82, 2.24) is 24.3 Å². The van der Waals surface area contributed by atoms with Gasteiger partial charge in [0.05, 0.1) is 37.0 Å². The molecule has 1 saturated carbocycles. The lowest BCUT2D eigenvalue weighted by atomic mass is 9.91. The zero-order valence-electron chi connectivity index (χ0n) is 27.6. The fourth-order valence-corrected chi connectivity index (χ4v) is 7.45. The Morgan fingerprint density at radius 1 is 0.920 bits per heavy atom. The van der Waals surface area contributed by atoms with Crippen LogP contribution in [0.4, 0.5) is 4.39 Å². The molecule has 0 spiro atoms. The van der Waals surface area contributed by atoms with Crippen molar-refractivity contribution >= 4 is 22.0 Å². The van der Waals surface area contributed by atoms with Gasteiger partial charge in [0.15, 0.2) is 5.65 Å². The second-order valence-electron chi connectivity index (χ2n) is 13.2. The molecule has 0 radical (unpaired) electrons. The number of aromatic nitrogens is 3. The summed E-state index contributed by atoms with van der Waals surface area (Å²) in [7, 11) is 0. The van der Waals surface area contributed by atoms with Gasteiger partial charge in [0, 0.05) is 37.1 Å². The molecular weight excluding hydrogens is 637 g/mol. The minimum absolute atomic E-state index is 0.0535. The van der Waals surface area contributed by atoms with Gasteiger partial charge in [-0.3, -0.25) is 14.3 Å². The van der Waals surface area contributed by atoms with Crippen molar-refractivity contribution in [2.45, 2.75) is 50.9 Å². The minimum atomic E-state index is -0.643. The molecule has 8 rings (SSSR count). The lowest BCUT2D eigenvalue weighted by Crippen LogP contribution is -2.44. The Hall–Kier alpha value is -5.10. The van der Waals surface area contributed by atoms with Crippen LogP contribution in [-0.4, -0.2) is 56.5 Å². The zero-order valence-corrected chi connectivity index (χ0v) is 27.6. The standard InChI is InChI=1S/C39H38FN5O5/c40-28-21-35-37(42-22-28)44(31-6-3-5-25(18-31)34-13-12-32(46)19-27(34)24-43-14-16-49-17-15-43)39(48)45(38(35)47)30-10-8-29(9-11-30)41-23-33-20-26-4-1-2-7-36(26)50-33/h1-7,12-13,18-22,29-30,41,46H,8-11,14-17,23-24H2/t29-,30+. The summed E-state index contributed by atoms with van der Waals surface area (Å²) >= 11 is 0. The van der Waals surface area contributed by atoms with E-state index in [9.17, 15) is 19.1 Å². The quantitative estimate of drug-likeness (QED) is 0.205. The summed E-state index contributed by atoms with van der Waals surface area (Å²) < 4.78 is 28.8. The first kappa shape index (κ1) is 32.1. The van der Waals surface area contributed by atoms with Gasteiger partial charge >= 0.3 is 5.69 Å². The molecule has 0 atom stereocenters. The molecule has 2 N–H and O–H groups in total. The molecule has 0 bridgehead atoms. The average Bonchev–Trinajstić information content (AvgIpc) is 3.56. The summed E-state index contributed by atoms with van der Waals surface area (Å²) in [4.78, 5) is 34.8. The molecule has 1 saturated heterocycles. The number of halogens is 1. The number of aromatic hydroxyl groups is 1. The minimum Gasteiger partial charge on any atom is -0.508 e. The summed E-state index contributed by atoms with van der Waals surface area (Å²) in [5, 5.41) is 15.1. The molecule has 2 aliphatic rings. The van der Waals surface area contributed by atoms with Crippen LogP contribution < -0.4 is 16.6 Å². The predicted molar refractivity (Wildman–Crippen MR) is 189 cm³/mol. The number of benzene rings is 3. The van der Waals surface area contributed by atoms with E-state index in [1.807, 2.05) is 54.6 Å². The van der Waals surface area contributed by atoms with Gasteiger partial charge in [-0.2, -0.15) is 0 Å². The summed E-state index contributed by atoms with van der Waals surface area (Å²) in [6, 6.07) is 23.8. The number of para-hydroxylation sites is 1. The number of pyridine rings is 1. The number of nitrogens with one attached hydrogen (secondary N) is 1. The van der Waals surface area contributed by atoms with E-state index in [0.717, 1.165) is 65.5 Å². The maximum atomic E-state index is 14.6. The van der Waals surface area contributed by atoms with Crippen LogP contribution in [0.2, 0.25) is 0 Å². The van der Waals surface area contributed by atoms with E-state index in [0.29, 0.717) is 44.8 Å². The first-order chi connectivity index (χ1) is 24.4. The Kier molecular flexibility index (Phi) is 8.78. The number of nitrogens with zero attached hydrogens (tertiary/aromatic N) is 4. The van der Waals surface area contributed by atoms with Gasteiger partial charge in [-0.15, -0.1) is 0 Å². The number of fused-ring (bicyclic) bond motifs is 2. The molecule has 1 aliphatic carbocycles. The maximum Gasteiger partial charge on any atom is 0.337 e. The Bertz CT molecular complexity index is 2270. The highest BCUT2D eigenvalue weighted by atomic mass is 19.1. The van der Waals surface area contributed by atoms with Gasteiger partial charge in [0.1, 0.15) is 22.9 Å². The van der Waals surface area contributed by atoms with Crippen LogP contribution in [0.3, 0.4) is 0 Å². The highest BCUT2D eigenvalue weighted by molar-refractivity contribution is 5.78. The molecule has 10 nitrogen and oxygen atoms in total. The van der Waals surface area contributed by atoms with Gasteiger partial charge in [0.2, 0.25) is 0 Å². The fourth-order valence-electron chi connectivity index (χ4n) is 7.45. The summed E-state index contributed by atoms with van der Waals surface area (Å²) in [6.07, 6.45) is 3.78. The van der Waals surface area contributed by atoms with Crippen molar-refractivity contribution in [2.24, 2.45) is 0 Å². The molecule has 0 unspecified atom stereocenters. The molecule has 256 valence electrons. The van der Waals surface area contributed by atoms with E-state index >= 15 is 0 Å². The van der Waals surface area contributed by atoms with Crippen LogP contribution in [0.25, 0.3) is 38.8 Å². The van der Waals surface area contributed by atoms with Crippen LogP contribution in [-0.2, 0) is 17.8 Å². The lowest BCUT2D eigenvalue weighted by molar-refractivity contribution is 0.0342. The first-order valence-corrected chi connectivity index (χ1v) is 17.2. The molecule has 2 fully saturated rings. The Balaban J connectivity index is 1.10. The van der Waals surface area contributed by atoms with E-state index in [2.05, 4.69) is 15.2 Å². The molecule has 6 aromatic rings. The Morgan fingerprint density at radius 3 is 2.56 bits per heavy atom. The molecular formula is C39H38FN5O5. The van der Waals surface area contributed by atoms with Crippen molar-refractivity contribution in [3.63, 3.8) is 0 Å². The number of hydrogen-bond acceptors (Lipinski definition) is 8. The fraction of sp³-hybridized carbons (Fsp3) is 0.308. The summed E-state index contributed by atoms with van der Waals surface area (Å²) in [6.45, 7) is 4.11. The van der Waals surface area contributed by atoms with E-state index < -0.39 is 17.1 Å². The number of phenols is 1. The van der Waals surface area contributed by atoms with Crippen molar-refractivity contribution in [2.75, 3.05) is 26.3 Å². The predicted octanol–water partition coefficient (Wildman–Crippen LogP) is 5.91. The Labute approximate surface area is 287 Å². The average molecular weight is 676 g/mol. The third-order valence-electron chi connectivity index (χ3n) is 10.00. The van der Waals surface area contributed by atoms with E-state index in [1.54, 1.807) is 18.2 Å². The highest BCUT2D eigenvalue weighted by Crippen LogP contribution is 2.31. The monoisotopic (exact) mass is 675 g/mol. The van der Waals surface area contributed by atoms with Crippen LogP contribution >= 0.6 is 0 Å². The zero-order chi connectivity index (χ0) is 34.2. The van der Waals surface area contributed by atoms with E-state index in [4.69, 9.17) is 9.15 Å². The highest BCUT2D eigenvalue weighted by Gasteiger charge is 2.27. The number of ether oxygens (including phenoxy) is 1. The van der Waals surface area contributed by atoms with Gasteiger partial charge in [-0.25, -0.2) is 18.7 Å². The number of morpholine rings is 1. The van der Waals surface area contributed by atoms with Crippen LogP contribution in [0, 0.1) is 5.82 Å². The second kappa shape index (κ2) is 13.7. The number of furan rings is 1. The molecule has 3 aromatic heterocycles. The summed E-state index contributed by atoms with van der Waals surface area (Å²) in [5.41, 5.74) is 3.12. The van der Waals surface area contributed by atoms with Gasteiger partial charge in [-0.05, 0) is 84.8 Å². The van der Waals surface area contributed by atoms with Crippen molar-refractivity contribution in [3.05, 3.63) is 123 Å². The van der Waals surface area contributed by atoms with Gasteiger partial charge < -0.3 is 19.6 Å². The summed E-state index contributed by atoms with van der Waals surface area (Å²) in [5.74, 6) is 0.391. The molecule has 50 heavy (non-hydrogen) atoms. The largest absolute Gasteiger partial charge is 0.508 e. The smallest absolute Gasteiger partial charge is 0.337 e. The number of phenolic OH excluding ortho intramolecular Hbond substituents is 1. The third-order valence-corrected chi connectivity index (χ3v) is 10.00. The van der Waals surface area contributed by atoms with E-state index in [1.165, 1.54) is 15.2 Å². The first-order valence-electron chi connectivity index (χ1n) is 17.2. The van der Waals surface area contributed by atoms with Crippen LogP contribution in [0.15, 0.2) is 99.1 Å². The van der Waals surface area contributed by atoms with Crippen LogP contribution in [0.5, 0.6) is 5.75 Å². The van der Waals surface area contributed by atoms with Crippen LogP contribution in [0.1, 0.15) is 43.0 Å².